The molecule has 3 rings (SSSR count). The summed E-state index contributed by atoms with van der Waals surface area (Å²) in [5.41, 5.74) is -1.96. The van der Waals surface area contributed by atoms with E-state index in [-0.39, 0.29) is 23.2 Å². The summed E-state index contributed by atoms with van der Waals surface area (Å²) in [5.74, 6) is -1.08. The lowest BCUT2D eigenvalue weighted by Gasteiger charge is -2.21. The SMILES string of the molecule is CC(C)n1c(=O)c(CN2C(=O)c3ccccc3C2=O)cn(C(=O)OC(C)(C)C)c1=O. The summed E-state index contributed by atoms with van der Waals surface area (Å²) in [5, 5.41) is 0. The van der Waals surface area contributed by atoms with Crippen LogP contribution >= 0.6 is 0 Å². The molecule has 2 aromatic rings. The Hall–Kier alpha value is -3.49. The Labute approximate surface area is 172 Å². The minimum Gasteiger partial charge on any atom is -0.443 e. The van der Waals surface area contributed by atoms with E-state index in [1.807, 2.05) is 0 Å². The van der Waals surface area contributed by atoms with Crippen LogP contribution < -0.4 is 11.2 Å². The fourth-order valence-electron chi connectivity index (χ4n) is 3.18. The van der Waals surface area contributed by atoms with Crippen molar-refractivity contribution in [1.82, 2.24) is 14.0 Å². The Kier molecular flexibility index (Phi) is 5.23. The highest BCUT2D eigenvalue weighted by Crippen LogP contribution is 2.23. The van der Waals surface area contributed by atoms with Crippen LogP contribution in [0.3, 0.4) is 0 Å². The van der Waals surface area contributed by atoms with Crippen molar-refractivity contribution in [3.63, 3.8) is 0 Å². The van der Waals surface area contributed by atoms with Crippen LogP contribution in [0.2, 0.25) is 0 Å². The number of rotatable bonds is 3. The van der Waals surface area contributed by atoms with Crippen molar-refractivity contribution < 1.29 is 19.1 Å². The number of imide groups is 1. The van der Waals surface area contributed by atoms with Crippen LogP contribution in [0, 0.1) is 0 Å². The zero-order valence-electron chi connectivity index (χ0n) is 17.5. The summed E-state index contributed by atoms with van der Waals surface area (Å²) in [4.78, 5) is 64.4. The van der Waals surface area contributed by atoms with Crippen molar-refractivity contribution in [3.05, 3.63) is 68.0 Å². The van der Waals surface area contributed by atoms with Gasteiger partial charge in [-0.05, 0) is 46.8 Å². The van der Waals surface area contributed by atoms with Gasteiger partial charge in [0.2, 0.25) is 0 Å². The molecule has 0 atom stereocenters. The largest absolute Gasteiger partial charge is 0.443 e. The molecule has 1 aromatic carbocycles. The van der Waals surface area contributed by atoms with E-state index in [0.717, 1.165) is 15.7 Å². The maximum absolute atomic E-state index is 12.9. The number of fused-ring (bicyclic) bond motifs is 1. The van der Waals surface area contributed by atoms with Crippen molar-refractivity contribution in [1.29, 1.82) is 0 Å². The number of amides is 2. The van der Waals surface area contributed by atoms with E-state index in [9.17, 15) is 24.0 Å². The Morgan fingerprint density at radius 2 is 1.53 bits per heavy atom. The monoisotopic (exact) mass is 413 g/mol. The summed E-state index contributed by atoms with van der Waals surface area (Å²) in [6, 6.07) is 5.79. The summed E-state index contributed by atoms with van der Waals surface area (Å²) in [6.07, 6.45) is 0.0896. The molecule has 0 saturated carbocycles. The molecule has 158 valence electrons. The fraction of sp³-hybridized carbons (Fsp3) is 0.381. The molecule has 1 aromatic heterocycles. The first-order valence-electron chi connectivity index (χ1n) is 9.48. The summed E-state index contributed by atoms with van der Waals surface area (Å²) in [6.45, 7) is 7.80. The second-order valence-corrected chi connectivity index (χ2v) is 8.30. The molecule has 0 saturated heterocycles. The second-order valence-electron chi connectivity index (χ2n) is 8.30. The van der Waals surface area contributed by atoms with Crippen molar-refractivity contribution in [3.8, 4) is 0 Å². The van der Waals surface area contributed by atoms with E-state index in [2.05, 4.69) is 0 Å². The number of carbonyl (C=O) groups excluding carboxylic acids is 3. The summed E-state index contributed by atoms with van der Waals surface area (Å²) >= 11 is 0. The van der Waals surface area contributed by atoms with Crippen LogP contribution in [0.5, 0.6) is 0 Å². The van der Waals surface area contributed by atoms with Gasteiger partial charge >= 0.3 is 11.8 Å². The van der Waals surface area contributed by atoms with E-state index in [4.69, 9.17) is 4.74 Å². The van der Waals surface area contributed by atoms with Crippen LogP contribution in [-0.4, -0.2) is 37.5 Å². The molecular formula is C21H23N3O6. The third-order valence-corrected chi connectivity index (χ3v) is 4.50. The fourth-order valence-corrected chi connectivity index (χ4v) is 3.18. The first kappa shape index (κ1) is 21.2. The Bertz CT molecular complexity index is 1130. The number of hydrogen-bond donors (Lipinski definition) is 0. The quantitative estimate of drug-likeness (QED) is 0.714. The smallest absolute Gasteiger partial charge is 0.422 e. The van der Waals surface area contributed by atoms with E-state index in [1.165, 1.54) is 12.1 Å². The van der Waals surface area contributed by atoms with Crippen LogP contribution in [0.4, 0.5) is 4.79 Å². The lowest BCUT2D eigenvalue weighted by molar-refractivity contribution is 0.0524. The van der Waals surface area contributed by atoms with Crippen LogP contribution in [0.15, 0.2) is 40.1 Å². The average Bonchev–Trinajstić information content (AvgIpc) is 2.87. The number of benzene rings is 1. The van der Waals surface area contributed by atoms with Crippen molar-refractivity contribution in [2.75, 3.05) is 0 Å². The molecule has 0 spiro atoms. The second kappa shape index (κ2) is 7.40. The maximum Gasteiger partial charge on any atom is 0.422 e. The van der Waals surface area contributed by atoms with Crippen LogP contribution in [-0.2, 0) is 11.3 Å². The molecule has 0 N–H and O–H groups in total. The molecule has 1 aliphatic heterocycles. The topological polar surface area (TPSA) is 108 Å². The normalized spacial score (nSPS) is 13.7. The Morgan fingerprint density at radius 1 is 1.00 bits per heavy atom. The molecule has 0 fully saturated rings. The third kappa shape index (κ3) is 3.70. The van der Waals surface area contributed by atoms with Crippen molar-refractivity contribution in [2.24, 2.45) is 0 Å². The minimum atomic E-state index is -0.953. The van der Waals surface area contributed by atoms with Gasteiger partial charge in [0.1, 0.15) is 5.60 Å². The van der Waals surface area contributed by atoms with E-state index in [1.54, 1.807) is 46.8 Å². The molecule has 0 unspecified atom stereocenters. The first-order chi connectivity index (χ1) is 13.9. The van der Waals surface area contributed by atoms with Gasteiger partial charge in [-0.2, -0.15) is 0 Å². The number of hydrogen-bond acceptors (Lipinski definition) is 6. The summed E-state index contributed by atoms with van der Waals surface area (Å²) in [7, 11) is 0. The molecular weight excluding hydrogens is 390 g/mol. The van der Waals surface area contributed by atoms with Gasteiger partial charge in [-0.1, -0.05) is 12.1 Å². The standard InChI is InChI=1S/C21H23N3O6/c1-12(2)24-16(25)13(11-23(19(24)28)20(29)30-21(3,4)5)10-22-17(26)14-8-6-7-9-15(14)18(22)27/h6-9,11-12H,10H2,1-5H3. The highest BCUT2D eigenvalue weighted by molar-refractivity contribution is 6.21. The lowest BCUT2D eigenvalue weighted by Crippen LogP contribution is -2.46. The summed E-state index contributed by atoms with van der Waals surface area (Å²) < 4.78 is 6.85. The van der Waals surface area contributed by atoms with Gasteiger partial charge in [0.25, 0.3) is 17.4 Å². The van der Waals surface area contributed by atoms with Crippen LogP contribution in [0.25, 0.3) is 0 Å². The molecule has 0 bridgehead atoms. The van der Waals surface area contributed by atoms with Gasteiger partial charge in [-0.15, -0.1) is 0 Å². The van der Waals surface area contributed by atoms with Gasteiger partial charge in [-0.25, -0.2) is 14.2 Å². The van der Waals surface area contributed by atoms with Gasteiger partial charge in [0.15, 0.2) is 0 Å². The predicted octanol–water partition coefficient (Wildman–Crippen LogP) is 2.17. The van der Waals surface area contributed by atoms with E-state index >= 15 is 0 Å². The molecule has 2 heterocycles. The average molecular weight is 413 g/mol. The molecule has 2 amide bonds. The number of aromatic nitrogens is 2. The lowest BCUT2D eigenvalue weighted by atomic mass is 10.1. The zero-order chi connectivity index (χ0) is 22.4. The van der Waals surface area contributed by atoms with Gasteiger partial charge < -0.3 is 4.74 Å². The van der Waals surface area contributed by atoms with Gasteiger partial charge in [-0.3, -0.25) is 23.9 Å². The van der Waals surface area contributed by atoms with Crippen molar-refractivity contribution in [2.45, 2.75) is 52.8 Å². The molecule has 0 aliphatic carbocycles. The van der Waals surface area contributed by atoms with E-state index in [0.29, 0.717) is 4.57 Å². The van der Waals surface area contributed by atoms with Gasteiger partial charge in [0, 0.05) is 12.2 Å². The molecule has 30 heavy (non-hydrogen) atoms. The maximum atomic E-state index is 12.9. The highest BCUT2D eigenvalue weighted by Gasteiger charge is 2.36. The molecule has 9 heteroatoms. The highest BCUT2D eigenvalue weighted by atomic mass is 16.6. The number of carbonyl (C=O) groups is 3. The first-order valence-corrected chi connectivity index (χ1v) is 9.48. The van der Waals surface area contributed by atoms with Crippen molar-refractivity contribution >= 4 is 17.9 Å². The number of nitrogens with zero attached hydrogens (tertiary/aromatic N) is 3. The van der Waals surface area contributed by atoms with Crippen LogP contribution in [0.1, 0.15) is 66.9 Å². The molecule has 0 radical (unpaired) electrons. The van der Waals surface area contributed by atoms with E-state index < -0.39 is 40.8 Å². The zero-order valence-corrected chi connectivity index (χ0v) is 17.5. The number of ether oxygens (including phenoxy) is 1. The van der Waals surface area contributed by atoms with Gasteiger partial charge in [0.05, 0.1) is 23.2 Å². The Morgan fingerprint density at radius 3 is 2.00 bits per heavy atom. The predicted molar refractivity (Wildman–Crippen MR) is 108 cm³/mol. The minimum absolute atomic E-state index is 0.0522. The Balaban J connectivity index is 2.09. The molecule has 9 nitrogen and oxygen atoms in total. The third-order valence-electron chi connectivity index (χ3n) is 4.50. The molecule has 1 aliphatic rings.